The van der Waals surface area contributed by atoms with Gasteiger partial charge in [-0.25, -0.2) is 0 Å². The highest BCUT2D eigenvalue weighted by Crippen LogP contribution is 2.31. The summed E-state index contributed by atoms with van der Waals surface area (Å²) in [5.41, 5.74) is 1.56. The Labute approximate surface area is 149 Å². The number of piperazine rings is 1. The van der Waals surface area contributed by atoms with Gasteiger partial charge in [-0.2, -0.15) is 0 Å². The molecule has 3 rings (SSSR count). The van der Waals surface area contributed by atoms with Crippen LogP contribution in [-0.2, 0) is 21.4 Å². The molecule has 1 atom stereocenters. The number of benzene rings is 2. The molecule has 25 heavy (non-hydrogen) atoms. The van der Waals surface area contributed by atoms with E-state index >= 15 is 0 Å². The van der Waals surface area contributed by atoms with E-state index in [4.69, 9.17) is 0 Å². The summed E-state index contributed by atoms with van der Waals surface area (Å²) in [6, 6.07) is 20.1. The molecule has 4 heteroatoms. The van der Waals surface area contributed by atoms with Crippen molar-refractivity contribution in [1.82, 2.24) is 9.80 Å². The van der Waals surface area contributed by atoms with Crippen LogP contribution in [0.1, 0.15) is 18.1 Å². The van der Waals surface area contributed by atoms with E-state index in [9.17, 15) is 9.59 Å². The van der Waals surface area contributed by atoms with Gasteiger partial charge >= 0.3 is 0 Å². The summed E-state index contributed by atoms with van der Waals surface area (Å²) in [5, 5.41) is 0. The number of amides is 2. The first kappa shape index (κ1) is 17.2. The topological polar surface area (TPSA) is 40.6 Å². The van der Waals surface area contributed by atoms with Crippen LogP contribution in [0.15, 0.2) is 60.7 Å². The van der Waals surface area contributed by atoms with Crippen molar-refractivity contribution in [1.29, 1.82) is 0 Å². The highest BCUT2D eigenvalue weighted by Gasteiger charge is 2.39. The van der Waals surface area contributed by atoms with Crippen molar-refractivity contribution in [2.45, 2.75) is 18.8 Å². The van der Waals surface area contributed by atoms with Gasteiger partial charge in [0.05, 0.1) is 5.41 Å². The Kier molecular flexibility index (Phi) is 5.17. The summed E-state index contributed by atoms with van der Waals surface area (Å²) >= 11 is 0. The standard InChI is InChI=1S/C21H24N2O2/c1-21(19-10-6-3-7-11-19,16-18-8-4-2-5-9-18)20(25)23-14-12-22(17-24)13-15-23/h2-11,17H,12-16H2,1H3. The Hall–Kier alpha value is -2.62. The minimum Gasteiger partial charge on any atom is -0.342 e. The molecule has 1 saturated heterocycles. The smallest absolute Gasteiger partial charge is 0.233 e. The lowest BCUT2D eigenvalue weighted by Crippen LogP contribution is -2.54. The molecule has 0 saturated carbocycles. The average molecular weight is 336 g/mol. The fourth-order valence-corrected chi connectivity index (χ4v) is 3.49. The Morgan fingerprint density at radius 2 is 1.52 bits per heavy atom. The van der Waals surface area contributed by atoms with Crippen molar-refractivity contribution < 1.29 is 9.59 Å². The third-order valence-electron chi connectivity index (χ3n) is 5.03. The molecule has 1 unspecified atom stereocenters. The van der Waals surface area contributed by atoms with Crippen molar-refractivity contribution in [3.05, 3.63) is 71.8 Å². The molecular weight excluding hydrogens is 312 g/mol. The monoisotopic (exact) mass is 336 g/mol. The second-order valence-electron chi connectivity index (χ2n) is 6.79. The molecule has 0 bridgehead atoms. The van der Waals surface area contributed by atoms with Gasteiger partial charge in [0.1, 0.15) is 0 Å². The van der Waals surface area contributed by atoms with Crippen molar-refractivity contribution in [3.63, 3.8) is 0 Å². The van der Waals surface area contributed by atoms with Gasteiger partial charge in [-0.1, -0.05) is 60.7 Å². The molecule has 1 aliphatic rings. The molecule has 0 aromatic heterocycles. The third-order valence-corrected chi connectivity index (χ3v) is 5.03. The summed E-state index contributed by atoms with van der Waals surface area (Å²) < 4.78 is 0. The molecule has 0 aliphatic carbocycles. The molecule has 130 valence electrons. The molecule has 1 heterocycles. The van der Waals surface area contributed by atoms with Crippen LogP contribution in [0.2, 0.25) is 0 Å². The van der Waals surface area contributed by atoms with Gasteiger partial charge in [-0.05, 0) is 24.5 Å². The zero-order valence-electron chi connectivity index (χ0n) is 14.6. The molecule has 2 aromatic rings. The lowest BCUT2D eigenvalue weighted by molar-refractivity contribution is -0.140. The van der Waals surface area contributed by atoms with E-state index in [1.165, 1.54) is 0 Å². The van der Waals surface area contributed by atoms with Crippen molar-refractivity contribution >= 4 is 12.3 Å². The van der Waals surface area contributed by atoms with E-state index in [-0.39, 0.29) is 5.91 Å². The van der Waals surface area contributed by atoms with Crippen LogP contribution in [0.5, 0.6) is 0 Å². The summed E-state index contributed by atoms with van der Waals surface area (Å²) in [6.45, 7) is 4.42. The molecule has 2 aromatic carbocycles. The van der Waals surface area contributed by atoms with Gasteiger partial charge in [0.15, 0.2) is 0 Å². The second-order valence-corrected chi connectivity index (χ2v) is 6.79. The van der Waals surface area contributed by atoms with Gasteiger partial charge < -0.3 is 9.80 Å². The normalized spacial score (nSPS) is 17.0. The van der Waals surface area contributed by atoms with Gasteiger partial charge in [-0.3, -0.25) is 9.59 Å². The first-order valence-electron chi connectivity index (χ1n) is 8.72. The Morgan fingerprint density at radius 1 is 0.960 bits per heavy atom. The molecule has 2 amide bonds. The minimum atomic E-state index is -0.619. The summed E-state index contributed by atoms with van der Waals surface area (Å²) in [4.78, 5) is 28.0. The Balaban J connectivity index is 1.88. The number of rotatable bonds is 5. The van der Waals surface area contributed by atoms with E-state index in [2.05, 4.69) is 12.1 Å². The van der Waals surface area contributed by atoms with Gasteiger partial charge in [-0.15, -0.1) is 0 Å². The number of hydrogen-bond acceptors (Lipinski definition) is 2. The summed E-state index contributed by atoms with van der Waals surface area (Å²) in [7, 11) is 0. The second kappa shape index (κ2) is 7.51. The molecule has 1 fully saturated rings. The zero-order chi connectivity index (χ0) is 17.7. The predicted octanol–water partition coefficient (Wildman–Crippen LogP) is 2.49. The predicted molar refractivity (Wildman–Crippen MR) is 98.2 cm³/mol. The zero-order valence-corrected chi connectivity index (χ0v) is 14.6. The van der Waals surface area contributed by atoms with Gasteiger partial charge in [0.2, 0.25) is 12.3 Å². The third kappa shape index (κ3) is 3.73. The van der Waals surface area contributed by atoms with E-state index in [0.29, 0.717) is 32.6 Å². The Bertz CT molecular complexity index is 709. The van der Waals surface area contributed by atoms with Crippen LogP contribution in [0.25, 0.3) is 0 Å². The van der Waals surface area contributed by atoms with Crippen LogP contribution in [0.4, 0.5) is 0 Å². The number of carbonyl (C=O) groups is 2. The fraction of sp³-hybridized carbons (Fsp3) is 0.333. The van der Waals surface area contributed by atoms with Crippen LogP contribution < -0.4 is 0 Å². The van der Waals surface area contributed by atoms with E-state index < -0.39 is 5.41 Å². The quantitative estimate of drug-likeness (QED) is 0.787. The van der Waals surface area contributed by atoms with Crippen LogP contribution in [0.3, 0.4) is 0 Å². The Morgan fingerprint density at radius 3 is 2.08 bits per heavy atom. The van der Waals surface area contributed by atoms with Crippen LogP contribution in [-0.4, -0.2) is 48.3 Å². The molecule has 0 radical (unpaired) electrons. The van der Waals surface area contributed by atoms with Crippen LogP contribution >= 0.6 is 0 Å². The minimum absolute atomic E-state index is 0.133. The first-order valence-corrected chi connectivity index (χ1v) is 8.72. The number of nitrogens with zero attached hydrogens (tertiary/aromatic N) is 2. The average Bonchev–Trinajstić information content (AvgIpc) is 2.69. The molecule has 4 nitrogen and oxygen atoms in total. The van der Waals surface area contributed by atoms with Crippen molar-refractivity contribution in [2.75, 3.05) is 26.2 Å². The SMILES string of the molecule is CC(Cc1ccccc1)(C(=O)N1CCN(C=O)CC1)c1ccccc1. The van der Waals surface area contributed by atoms with E-state index in [1.54, 1.807) is 4.90 Å². The summed E-state index contributed by atoms with van der Waals surface area (Å²) in [6.07, 6.45) is 1.52. The fourth-order valence-electron chi connectivity index (χ4n) is 3.49. The lowest BCUT2D eigenvalue weighted by Gasteiger charge is -2.39. The van der Waals surface area contributed by atoms with Crippen molar-refractivity contribution in [3.8, 4) is 0 Å². The van der Waals surface area contributed by atoms with E-state index in [0.717, 1.165) is 17.5 Å². The maximum atomic E-state index is 13.4. The van der Waals surface area contributed by atoms with Crippen LogP contribution in [0, 0.1) is 0 Å². The first-order chi connectivity index (χ1) is 12.1. The maximum absolute atomic E-state index is 13.4. The lowest BCUT2D eigenvalue weighted by atomic mass is 9.76. The molecular formula is C21H24N2O2. The summed E-state index contributed by atoms with van der Waals surface area (Å²) in [5.74, 6) is 0.133. The van der Waals surface area contributed by atoms with E-state index in [1.807, 2.05) is 60.4 Å². The molecule has 1 aliphatic heterocycles. The number of carbonyl (C=O) groups excluding carboxylic acids is 2. The van der Waals surface area contributed by atoms with Gasteiger partial charge in [0, 0.05) is 26.2 Å². The van der Waals surface area contributed by atoms with Crippen molar-refractivity contribution in [2.24, 2.45) is 0 Å². The highest BCUT2D eigenvalue weighted by atomic mass is 16.2. The van der Waals surface area contributed by atoms with Gasteiger partial charge in [0.25, 0.3) is 0 Å². The highest BCUT2D eigenvalue weighted by molar-refractivity contribution is 5.88. The number of hydrogen-bond donors (Lipinski definition) is 0. The largest absolute Gasteiger partial charge is 0.342 e. The molecule has 0 N–H and O–H groups in total. The maximum Gasteiger partial charge on any atom is 0.233 e. The molecule has 0 spiro atoms.